The van der Waals surface area contributed by atoms with Crippen LogP contribution >= 0.6 is 0 Å². The van der Waals surface area contributed by atoms with Gasteiger partial charge in [-0.25, -0.2) is 0 Å². The lowest BCUT2D eigenvalue weighted by Gasteiger charge is -2.32. The predicted octanol–water partition coefficient (Wildman–Crippen LogP) is 1.84. The highest BCUT2D eigenvalue weighted by Crippen LogP contribution is 2.26. The summed E-state index contributed by atoms with van der Waals surface area (Å²) in [4.78, 5) is 37.9. The van der Waals surface area contributed by atoms with Gasteiger partial charge in [0, 0.05) is 19.1 Å². The number of hydrogen-bond acceptors (Lipinski definition) is 3. The molecule has 2 fully saturated rings. The van der Waals surface area contributed by atoms with Crippen molar-refractivity contribution in [3.8, 4) is 0 Å². The molecule has 26 heavy (non-hydrogen) atoms. The lowest BCUT2D eigenvalue weighted by molar-refractivity contribution is -0.142. The molecule has 6 nitrogen and oxygen atoms in total. The minimum absolute atomic E-state index is 0.0433. The Morgan fingerprint density at radius 2 is 1.85 bits per heavy atom. The molecule has 1 saturated heterocycles. The summed E-state index contributed by atoms with van der Waals surface area (Å²) in [5.74, 6) is -1.32. The highest BCUT2D eigenvalue weighted by Gasteiger charge is 2.33. The number of hydrogen-bond donors (Lipinski definition) is 2. The van der Waals surface area contributed by atoms with Gasteiger partial charge in [0.05, 0.1) is 18.3 Å². The molecule has 1 heterocycles. The maximum absolute atomic E-state index is 12.6. The first-order valence-corrected chi connectivity index (χ1v) is 9.38. The Morgan fingerprint density at radius 1 is 1.08 bits per heavy atom. The number of aliphatic carboxylic acids is 1. The Morgan fingerprint density at radius 3 is 2.54 bits per heavy atom. The molecule has 1 saturated carbocycles. The second-order valence-corrected chi connectivity index (χ2v) is 7.40. The lowest BCUT2D eigenvalue weighted by atomic mass is 9.96. The van der Waals surface area contributed by atoms with E-state index in [9.17, 15) is 14.4 Å². The number of carboxylic acid groups (broad SMARTS) is 1. The van der Waals surface area contributed by atoms with Crippen LogP contribution in [-0.2, 0) is 20.8 Å². The highest BCUT2D eigenvalue weighted by molar-refractivity contribution is 5.82. The first kappa shape index (κ1) is 18.4. The van der Waals surface area contributed by atoms with E-state index in [-0.39, 0.29) is 29.7 Å². The predicted molar refractivity (Wildman–Crippen MR) is 96.4 cm³/mol. The monoisotopic (exact) mass is 358 g/mol. The Balaban J connectivity index is 1.50. The third-order valence-corrected chi connectivity index (χ3v) is 5.47. The van der Waals surface area contributed by atoms with E-state index in [0.717, 1.165) is 18.4 Å². The van der Waals surface area contributed by atoms with Crippen molar-refractivity contribution in [3.63, 3.8) is 0 Å². The smallest absolute Gasteiger partial charge is 0.306 e. The molecule has 1 aromatic rings. The fourth-order valence-corrected chi connectivity index (χ4v) is 3.96. The molecule has 1 aliphatic heterocycles. The number of rotatable bonds is 5. The highest BCUT2D eigenvalue weighted by atomic mass is 16.4. The average molecular weight is 358 g/mol. The molecule has 0 bridgehead atoms. The van der Waals surface area contributed by atoms with Crippen molar-refractivity contribution < 1.29 is 19.5 Å². The fourth-order valence-electron chi connectivity index (χ4n) is 3.96. The van der Waals surface area contributed by atoms with E-state index in [4.69, 9.17) is 5.11 Å². The van der Waals surface area contributed by atoms with E-state index in [0.29, 0.717) is 38.8 Å². The zero-order valence-electron chi connectivity index (χ0n) is 14.9. The minimum atomic E-state index is -0.780. The number of piperidine rings is 1. The van der Waals surface area contributed by atoms with Crippen LogP contribution in [0.2, 0.25) is 0 Å². The Labute approximate surface area is 153 Å². The van der Waals surface area contributed by atoms with Gasteiger partial charge in [0.25, 0.3) is 0 Å². The van der Waals surface area contributed by atoms with Crippen LogP contribution in [0.3, 0.4) is 0 Å². The molecule has 3 atom stereocenters. The average Bonchev–Trinajstić information content (AvgIpc) is 3.11. The zero-order valence-corrected chi connectivity index (χ0v) is 14.9. The molecule has 0 spiro atoms. The molecule has 1 aliphatic carbocycles. The molecule has 2 N–H and O–H groups in total. The van der Waals surface area contributed by atoms with Crippen molar-refractivity contribution in [2.24, 2.45) is 11.8 Å². The summed E-state index contributed by atoms with van der Waals surface area (Å²) in [6.45, 7) is 1.15. The topological polar surface area (TPSA) is 86.7 Å². The maximum atomic E-state index is 12.6. The number of likely N-dealkylation sites (tertiary alicyclic amines) is 1. The van der Waals surface area contributed by atoms with Crippen molar-refractivity contribution in [2.45, 2.75) is 44.6 Å². The minimum Gasteiger partial charge on any atom is -0.481 e. The molecule has 0 radical (unpaired) electrons. The maximum Gasteiger partial charge on any atom is 0.306 e. The number of carboxylic acids is 1. The van der Waals surface area contributed by atoms with Gasteiger partial charge in [-0.2, -0.15) is 0 Å². The van der Waals surface area contributed by atoms with E-state index in [1.165, 1.54) is 0 Å². The van der Waals surface area contributed by atoms with Crippen LogP contribution in [0, 0.1) is 11.8 Å². The van der Waals surface area contributed by atoms with Crippen LogP contribution in [0.1, 0.15) is 37.7 Å². The summed E-state index contributed by atoms with van der Waals surface area (Å²) in [5.41, 5.74) is 0.981. The molecule has 1 aromatic carbocycles. The van der Waals surface area contributed by atoms with Crippen molar-refractivity contribution in [3.05, 3.63) is 35.9 Å². The number of carbonyl (C=O) groups is 3. The second-order valence-electron chi connectivity index (χ2n) is 7.40. The number of benzene rings is 1. The van der Waals surface area contributed by atoms with Gasteiger partial charge in [-0.15, -0.1) is 0 Å². The first-order chi connectivity index (χ1) is 12.5. The van der Waals surface area contributed by atoms with Crippen LogP contribution in [0.4, 0.5) is 0 Å². The largest absolute Gasteiger partial charge is 0.481 e. The van der Waals surface area contributed by atoms with E-state index in [1.54, 1.807) is 4.90 Å². The zero-order chi connectivity index (χ0) is 18.5. The quantitative estimate of drug-likeness (QED) is 0.841. The molecule has 2 aliphatic rings. The third-order valence-electron chi connectivity index (χ3n) is 5.47. The van der Waals surface area contributed by atoms with Crippen LogP contribution in [-0.4, -0.2) is 46.9 Å². The van der Waals surface area contributed by atoms with Gasteiger partial charge >= 0.3 is 5.97 Å². The number of nitrogens with zero attached hydrogens (tertiary/aromatic N) is 1. The molecular weight excluding hydrogens is 332 g/mol. The van der Waals surface area contributed by atoms with E-state index < -0.39 is 5.97 Å². The standard InChI is InChI=1S/C20H26N2O4/c23-18(11-14-5-2-1-3-6-14)22-10-4-7-16(13-22)19(24)21-17-9-8-15(12-17)20(25)26/h1-3,5-6,15-17H,4,7-13H2,(H,21,24)(H,25,26)/t15-,16?,17+/m0/s1. The van der Waals surface area contributed by atoms with Gasteiger partial charge in [0.15, 0.2) is 0 Å². The summed E-state index contributed by atoms with van der Waals surface area (Å²) in [6, 6.07) is 9.57. The Kier molecular flexibility index (Phi) is 5.91. The van der Waals surface area contributed by atoms with Crippen LogP contribution < -0.4 is 5.32 Å². The molecule has 3 rings (SSSR count). The summed E-state index contributed by atoms with van der Waals surface area (Å²) < 4.78 is 0. The van der Waals surface area contributed by atoms with Gasteiger partial charge in [0.1, 0.15) is 0 Å². The molecular formula is C20H26N2O4. The van der Waals surface area contributed by atoms with Crippen molar-refractivity contribution in [2.75, 3.05) is 13.1 Å². The molecule has 2 amide bonds. The lowest BCUT2D eigenvalue weighted by Crippen LogP contribution is -2.47. The van der Waals surface area contributed by atoms with Gasteiger partial charge < -0.3 is 15.3 Å². The van der Waals surface area contributed by atoms with Crippen LogP contribution in [0.25, 0.3) is 0 Å². The van der Waals surface area contributed by atoms with Gasteiger partial charge in [-0.3, -0.25) is 14.4 Å². The van der Waals surface area contributed by atoms with Crippen molar-refractivity contribution in [1.29, 1.82) is 0 Å². The summed E-state index contributed by atoms with van der Waals surface area (Å²) in [6.07, 6.45) is 3.79. The normalized spacial score (nSPS) is 25.7. The number of carbonyl (C=O) groups excluding carboxylic acids is 2. The number of nitrogens with one attached hydrogen (secondary N) is 1. The van der Waals surface area contributed by atoms with Crippen molar-refractivity contribution in [1.82, 2.24) is 10.2 Å². The number of amides is 2. The first-order valence-electron chi connectivity index (χ1n) is 9.38. The summed E-state index contributed by atoms with van der Waals surface area (Å²) in [5, 5.41) is 12.1. The molecule has 140 valence electrons. The summed E-state index contributed by atoms with van der Waals surface area (Å²) >= 11 is 0. The molecule has 6 heteroatoms. The van der Waals surface area contributed by atoms with E-state index in [1.807, 2.05) is 30.3 Å². The second kappa shape index (κ2) is 8.34. The van der Waals surface area contributed by atoms with Crippen LogP contribution in [0.15, 0.2) is 30.3 Å². The fraction of sp³-hybridized carbons (Fsp3) is 0.550. The van der Waals surface area contributed by atoms with Gasteiger partial charge in [-0.1, -0.05) is 30.3 Å². The van der Waals surface area contributed by atoms with E-state index >= 15 is 0 Å². The van der Waals surface area contributed by atoms with Crippen molar-refractivity contribution >= 4 is 17.8 Å². The molecule has 1 unspecified atom stereocenters. The molecule has 0 aromatic heterocycles. The van der Waals surface area contributed by atoms with Crippen LogP contribution in [0.5, 0.6) is 0 Å². The SMILES string of the molecule is O=C(N[C@@H]1CC[C@H](C(=O)O)C1)C1CCCN(C(=O)Cc2ccccc2)C1. The van der Waals surface area contributed by atoms with Gasteiger partial charge in [-0.05, 0) is 37.7 Å². The Hall–Kier alpha value is -2.37. The Bertz CT molecular complexity index is 661. The third kappa shape index (κ3) is 4.62. The van der Waals surface area contributed by atoms with E-state index in [2.05, 4.69) is 5.32 Å². The van der Waals surface area contributed by atoms with Gasteiger partial charge in [0.2, 0.25) is 11.8 Å². The summed E-state index contributed by atoms with van der Waals surface area (Å²) in [7, 11) is 0.